The lowest BCUT2D eigenvalue weighted by Gasteiger charge is -2.13. The van der Waals surface area contributed by atoms with Gasteiger partial charge in [0.2, 0.25) is 5.28 Å². The summed E-state index contributed by atoms with van der Waals surface area (Å²) in [6.45, 7) is 0. The van der Waals surface area contributed by atoms with Gasteiger partial charge in [-0.3, -0.25) is 0 Å². The van der Waals surface area contributed by atoms with Crippen molar-refractivity contribution in [3.8, 4) is 0 Å². The first-order valence-electron chi connectivity index (χ1n) is 7.47. The fourth-order valence-electron chi connectivity index (χ4n) is 3.06. The number of benzene rings is 1. The first-order valence-corrected chi connectivity index (χ1v) is 8.22. The van der Waals surface area contributed by atoms with Gasteiger partial charge in [0, 0.05) is 5.56 Å². The second-order valence-electron chi connectivity index (χ2n) is 5.68. The van der Waals surface area contributed by atoms with Crippen molar-refractivity contribution in [3.05, 3.63) is 57.6 Å². The monoisotopic (exact) mass is 320 g/mol. The molecule has 1 heterocycles. The van der Waals surface area contributed by atoms with E-state index in [1.165, 1.54) is 12.0 Å². The number of nitrogens with zero attached hydrogens (tertiary/aromatic N) is 2. The van der Waals surface area contributed by atoms with Crippen LogP contribution in [0.5, 0.6) is 0 Å². The van der Waals surface area contributed by atoms with Gasteiger partial charge in [-0.2, -0.15) is 0 Å². The number of hydrogen-bond donors (Lipinski definition) is 0. The average Bonchev–Trinajstić information content (AvgIpc) is 2.69. The molecule has 0 amide bonds. The van der Waals surface area contributed by atoms with Gasteiger partial charge < -0.3 is 0 Å². The minimum absolute atomic E-state index is 0.265. The van der Waals surface area contributed by atoms with E-state index in [0.29, 0.717) is 11.1 Å². The summed E-state index contributed by atoms with van der Waals surface area (Å²) in [6, 6.07) is 10.7. The zero-order valence-corrected chi connectivity index (χ0v) is 13.4. The Morgan fingerprint density at radius 1 is 1.00 bits per heavy atom. The Bertz CT molecular complexity index is 614. The average molecular weight is 321 g/mol. The van der Waals surface area contributed by atoms with Crippen LogP contribution >= 0.6 is 23.2 Å². The molecule has 110 valence electrons. The van der Waals surface area contributed by atoms with Gasteiger partial charge in [-0.05, 0) is 61.6 Å². The van der Waals surface area contributed by atoms with Crippen LogP contribution in [-0.4, -0.2) is 9.97 Å². The quantitative estimate of drug-likeness (QED) is 0.456. The van der Waals surface area contributed by atoms with Gasteiger partial charge >= 0.3 is 0 Å². The third kappa shape index (κ3) is 3.75. The van der Waals surface area contributed by atoms with Crippen LogP contribution in [0.3, 0.4) is 0 Å². The third-order valence-corrected chi connectivity index (χ3v) is 4.77. The summed E-state index contributed by atoms with van der Waals surface area (Å²) in [4.78, 5) is 8.42. The first kappa shape index (κ1) is 14.8. The summed E-state index contributed by atoms with van der Waals surface area (Å²) in [5, 5.41) is 0.801. The number of rotatable bonds is 3. The molecule has 1 atom stereocenters. The molecule has 1 aliphatic carbocycles. The van der Waals surface area contributed by atoms with E-state index in [-0.39, 0.29) is 5.28 Å². The highest BCUT2D eigenvalue weighted by molar-refractivity contribution is 6.32. The van der Waals surface area contributed by atoms with E-state index in [1.807, 2.05) is 0 Å². The molecule has 0 radical (unpaired) electrons. The van der Waals surface area contributed by atoms with Crippen LogP contribution in [-0.2, 0) is 19.3 Å². The van der Waals surface area contributed by atoms with Gasteiger partial charge in [0.05, 0.1) is 5.69 Å². The van der Waals surface area contributed by atoms with Gasteiger partial charge in [0.15, 0.2) is 0 Å². The molecule has 3 rings (SSSR count). The molecule has 1 aliphatic rings. The molecule has 0 spiro atoms. The van der Waals surface area contributed by atoms with Crippen LogP contribution in [0.25, 0.3) is 0 Å². The van der Waals surface area contributed by atoms with Crippen LogP contribution in [0.2, 0.25) is 10.4 Å². The van der Waals surface area contributed by atoms with Crippen LogP contribution in [0.4, 0.5) is 0 Å². The molecule has 0 fully saturated rings. The SMILES string of the molecule is Clc1nc(Cl)c2c(n1)CCC(CCc1ccccc1)CC2. The second kappa shape index (κ2) is 6.76. The highest BCUT2D eigenvalue weighted by atomic mass is 35.5. The fourth-order valence-corrected chi connectivity index (χ4v) is 3.58. The second-order valence-corrected chi connectivity index (χ2v) is 6.37. The van der Waals surface area contributed by atoms with Crippen molar-refractivity contribution in [2.24, 2.45) is 5.92 Å². The van der Waals surface area contributed by atoms with Gasteiger partial charge in [-0.25, -0.2) is 9.97 Å². The van der Waals surface area contributed by atoms with Crippen molar-refractivity contribution in [1.82, 2.24) is 9.97 Å². The van der Waals surface area contributed by atoms with Crippen LogP contribution in [0.1, 0.15) is 36.1 Å². The van der Waals surface area contributed by atoms with Gasteiger partial charge in [0.1, 0.15) is 5.15 Å². The molecule has 0 aliphatic heterocycles. The van der Waals surface area contributed by atoms with Crippen molar-refractivity contribution in [1.29, 1.82) is 0 Å². The predicted molar refractivity (Wildman–Crippen MR) is 86.9 cm³/mol. The molecule has 4 heteroatoms. The maximum absolute atomic E-state index is 6.21. The molecule has 2 aromatic rings. The molecular weight excluding hydrogens is 303 g/mol. The molecule has 1 aromatic carbocycles. The van der Waals surface area contributed by atoms with Gasteiger partial charge in [0.25, 0.3) is 0 Å². The number of halogens is 2. The molecule has 0 N–H and O–H groups in total. The Morgan fingerprint density at radius 3 is 2.57 bits per heavy atom. The minimum Gasteiger partial charge on any atom is -0.223 e. The predicted octanol–water partition coefficient (Wildman–Crippen LogP) is 4.91. The Morgan fingerprint density at radius 2 is 1.76 bits per heavy atom. The molecule has 2 nitrogen and oxygen atoms in total. The fraction of sp³-hybridized carbons (Fsp3) is 0.412. The highest BCUT2D eigenvalue weighted by Crippen LogP contribution is 2.30. The van der Waals surface area contributed by atoms with Crippen molar-refractivity contribution >= 4 is 23.2 Å². The van der Waals surface area contributed by atoms with E-state index in [1.54, 1.807) is 0 Å². The summed E-state index contributed by atoms with van der Waals surface area (Å²) in [7, 11) is 0. The highest BCUT2D eigenvalue weighted by Gasteiger charge is 2.20. The first-order chi connectivity index (χ1) is 10.2. The lowest BCUT2D eigenvalue weighted by molar-refractivity contribution is 0.431. The molecule has 0 bridgehead atoms. The van der Waals surface area contributed by atoms with E-state index in [9.17, 15) is 0 Å². The topological polar surface area (TPSA) is 25.8 Å². The molecular formula is C17H18Cl2N2. The summed E-state index contributed by atoms with van der Waals surface area (Å²) in [5.41, 5.74) is 3.56. The summed E-state index contributed by atoms with van der Waals surface area (Å²) < 4.78 is 0. The molecule has 0 saturated carbocycles. The number of aromatic nitrogens is 2. The van der Waals surface area contributed by atoms with Crippen LogP contribution in [0, 0.1) is 5.92 Å². The van der Waals surface area contributed by atoms with Crippen LogP contribution < -0.4 is 0 Å². The Balaban J connectivity index is 1.64. The van der Waals surface area contributed by atoms with E-state index >= 15 is 0 Å². The normalized spacial score (nSPS) is 18.1. The maximum atomic E-state index is 6.21. The van der Waals surface area contributed by atoms with E-state index in [4.69, 9.17) is 23.2 Å². The van der Waals surface area contributed by atoms with Crippen molar-refractivity contribution in [2.75, 3.05) is 0 Å². The zero-order valence-electron chi connectivity index (χ0n) is 11.9. The van der Waals surface area contributed by atoms with Crippen molar-refractivity contribution in [2.45, 2.75) is 38.5 Å². The smallest absolute Gasteiger partial charge is 0.223 e. The Hall–Kier alpha value is -1.12. The number of fused-ring (bicyclic) bond motifs is 1. The van der Waals surface area contributed by atoms with E-state index in [2.05, 4.69) is 40.3 Å². The van der Waals surface area contributed by atoms with Crippen molar-refractivity contribution in [3.63, 3.8) is 0 Å². The Labute approximate surface area is 135 Å². The van der Waals surface area contributed by atoms with E-state index < -0.39 is 0 Å². The molecule has 21 heavy (non-hydrogen) atoms. The lowest BCUT2D eigenvalue weighted by atomic mass is 9.92. The zero-order chi connectivity index (χ0) is 14.7. The van der Waals surface area contributed by atoms with Crippen molar-refractivity contribution < 1.29 is 0 Å². The van der Waals surface area contributed by atoms with Gasteiger partial charge in [-0.15, -0.1) is 0 Å². The maximum Gasteiger partial charge on any atom is 0.224 e. The third-order valence-electron chi connectivity index (χ3n) is 4.29. The standard InChI is InChI=1S/C17H18Cl2N2/c18-16-14-10-8-13(7-6-12-4-2-1-3-5-12)9-11-15(14)20-17(19)21-16/h1-5,13H,6-11H2. The lowest BCUT2D eigenvalue weighted by Crippen LogP contribution is -2.03. The molecule has 1 unspecified atom stereocenters. The molecule has 0 saturated heterocycles. The largest absolute Gasteiger partial charge is 0.224 e. The summed E-state index contributed by atoms with van der Waals surface area (Å²) in [5.74, 6) is 0.717. The summed E-state index contributed by atoms with van der Waals surface area (Å²) >= 11 is 12.1. The number of hydrogen-bond acceptors (Lipinski definition) is 2. The molecule has 1 aromatic heterocycles. The van der Waals surface area contributed by atoms with E-state index in [0.717, 1.165) is 43.4 Å². The number of aryl methyl sites for hydroxylation is 2. The minimum atomic E-state index is 0.265. The van der Waals surface area contributed by atoms with Crippen LogP contribution in [0.15, 0.2) is 30.3 Å². The van der Waals surface area contributed by atoms with Gasteiger partial charge in [-0.1, -0.05) is 41.9 Å². The Kier molecular flexibility index (Phi) is 4.77. The summed E-state index contributed by atoms with van der Waals surface area (Å²) in [6.07, 6.45) is 6.59.